The van der Waals surface area contributed by atoms with Gasteiger partial charge in [-0.25, -0.2) is 82.3 Å². The first-order chi connectivity index (χ1) is 44.1. The summed E-state index contributed by atoms with van der Waals surface area (Å²) < 4.78 is 256. The lowest BCUT2D eigenvalue weighted by molar-refractivity contribution is 0.101. The molecule has 19 nitrogen and oxygen atoms in total. The number of aliphatic hydroxyl groups is 4. The number of hydrogen-bond donors (Lipinski definition) is 7. The highest BCUT2D eigenvalue weighted by Gasteiger charge is 2.46. The number of fused-ring (bicyclic) bond motifs is 1. The Balaban J connectivity index is 0.000000181. The third-order valence-electron chi connectivity index (χ3n) is 15.2. The molecule has 508 valence electrons. The lowest BCUT2D eigenvalue weighted by atomic mass is 10.1. The van der Waals surface area contributed by atoms with Crippen LogP contribution in [0, 0.1) is 75.8 Å². The molecule has 3 amide bonds. The van der Waals surface area contributed by atoms with Gasteiger partial charge in [-0.1, -0.05) is 6.07 Å². The number of sulfonamides is 3. The van der Waals surface area contributed by atoms with E-state index >= 15 is 0 Å². The van der Waals surface area contributed by atoms with Crippen LogP contribution in [0.1, 0.15) is 75.2 Å². The van der Waals surface area contributed by atoms with Gasteiger partial charge in [-0.2, -0.15) is 12.9 Å². The number of nitrogens with one attached hydrogen (secondary N) is 3. The topological polar surface area (TPSA) is 280 Å². The monoisotopic (exact) mass is 1400 g/mol. The number of hydrogen-bond acceptors (Lipinski definition) is 13. The van der Waals surface area contributed by atoms with Gasteiger partial charge in [0.25, 0.3) is 17.7 Å². The molecule has 0 radical (unpaired) electrons. The minimum atomic E-state index is -4.62. The van der Waals surface area contributed by atoms with Crippen molar-refractivity contribution in [3.05, 3.63) is 177 Å². The van der Waals surface area contributed by atoms with E-state index in [-0.39, 0.29) is 86.1 Å². The zero-order chi connectivity index (χ0) is 69.1. The molecule has 6 aromatic rings. The zero-order valence-electron chi connectivity index (χ0n) is 48.3. The maximum atomic E-state index is 14.4. The van der Waals surface area contributed by atoms with Crippen molar-refractivity contribution in [2.24, 2.45) is 11.8 Å². The number of amides is 3. The van der Waals surface area contributed by atoms with Gasteiger partial charge in [-0.3, -0.25) is 14.4 Å². The Hall–Kier alpha value is -7.61. The summed E-state index contributed by atoms with van der Waals surface area (Å²) in [5.41, 5.74) is -2.38. The molecule has 3 heterocycles. The Labute approximate surface area is 527 Å². The van der Waals surface area contributed by atoms with E-state index in [0.29, 0.717) is 59.3 Å². The van der Waals surface area contributed by atoms with E-state index in [1.54, 1.807) is 0 Å². The van der Waals surface area contributed by atoms with E-state index < -0.39 is 194 Å². The van der Waals surface area contributed by atoms with Crippen molar-refractivity contribution in [3.63, 3.8) is 0 Å². The van der Waals surface area contributed by atoms with Crippen molar-refractivity contribution >= 4 is 64.9 Å². The van der Waals surface area contributed by atoms with Crippen LogP contribution in [0.25, 0.3) is 0 Å². The van der Waals surface area contributed by atoms with E-state index in [0.717, 1.165) is 51.4 Å². The number of β-amino-alcohol motifs (C(OH)–C–C–N with tert-alkyl or cyclic N) is 4. The summed E-state index contributed by atoms with van der Waals surface area (Å²) >= 11 is 0. The van der Waals surface area contributed by atoms with Crippen molar-refractivity contribution < 1.29 is 117 Å². The third kappa shape index (κ3) is 17.1. The van der Waals surface area contributed by atoms with E-state index in [1.807, 2.05) is 0 Å². The molecule has 4 aliphatic rings. The molecule has 35 heteroatoms. The van der Waals surface area contributed by atoms with Gasteiger partial charge in [0, 0.05) is 115 Å². The number of aliphatic hydroxyl groups excluding tert-OH is 4. The van der Waals surface area contributed by atoms with Crippen LogP contribution >= 0.6 is 0 Å². The highest BCUT2D eigenvalue weighted by Crippen LogP contribution is 2.45. The Morgan fingerprint density at radius 3 is 1.10 bits per heavy atom. The Kier molecular flexibility index (Phi) is 22.7. The first-order valence-electron chi connectivity index (χ1n) is 28.1. The van der Waals surface area contributed by atoms with Crippen LogP contribution in [0.2, 0.25) is 0 Å². The molecule has 0 bridgehead atoms. The summed E-state index contributed by atoms with van der Waals surface area (Å²) in [7, 11) is -13.4. The van der Waals surface area contributed by atoms with Gasteiger partial charge in [0.15, 0.2) is 52.4 Å². The number of benzene rings is 6. The second kappa shape index (κ2) is 29.6. The van der Waals surface area contributed by atoms with E-state index in [1.165, 1.54) is 6.07 Å². The fourth-order valence-electron chi connectivity index (χ4n) is 10.2. The molecular weight excluding hydrogens is 1340 g/mol. The van der Waals surface area contributed by atoms with E-state index in [4.69, 9.17) is 0 Å². The molecule has 0 aromatic heterocycles. The normalized spacial score (nSPS) is 21.4. The van der Waals surface area contributed by atoms with Crippen LogP contribution in [0.15, 0.2) is 106 Å². The van der Waals surface area contributed by atoms with Crippen LogP contribution in [0.5, 0.6) is 0 Å². The van der Waals surface area contributed by atoms with Crippen LogP contribution in [-0.2, 0) is 36.7 Å². The fourth-order valence-corrected chi connectivity index (χ4v) is 15.2. The Bertz CT molecular complexity index is 3970. The molecule has 3 saturated heterocycles. The summed E-state index contributed by atoms with van der Waals surface area (Å²) in [6, 6.07) is 11.2. The number of nitrogens with zero attached hydrogens (tertiary/aromatic N) is 3. The lowest BCUT2D eigenvalue weighted by Gasteiger charge is -2.24. The number of alkyl halides is 2. The molecule has 1 aliphatic carbocycles. The number of carbonyl (C=O) groups is 3. The summed E-state index contributed by atoms with van der Waals surface area (Å²) in [6.45, 7) is -2.83. The van der Waals surface area contributed by atoms with Gasteiger partial charge in [0.2, 0.25) is 30.1 Å². The van der Waals surface area contributed by atoms with Crippen LogP contribution in [0.3, 0.4) is 0 Å². The predicted molar refractivity (Wildman–Crippen MR) is 307 cm³/mol. The maximum Gasteiger partial charge on any atom is 0.255 e. The summed E-state index contributed by atoms with van der Waals surface area (Å²) in [5, 5.41) is 46.0. The number of halogens is 13. The van der Waals surface area contributed by atoms with Gasteiger partial charge >= 0.3 is 0 Å². The average molecular weight is 1400 g/mol. The number of anilines is 3. The van der Waals surface area contributed by atoms with Crippen molar-refractivity contribution in [3.8, 4) is 0 Å². The quantitative estimate of drug-likeness (QED) is 0.0425. The molecule has 7 atom stereocenters. The highest BCUT2D eigenvalue weighted by molar-refractivity contribution is 7.89. The first kappa shape index (κ1) is 72.2. The third-order valence-corrected chi connectivity index (χ3v) is 20.8. The summed E-state index contributed by atoms with van der Waals surface area (Å²) in [5.74, 6) is -19.4. The molecule has 6 aromatic carbocycles. The van der Waals surface area contributed by atoms with Crippen molar-refractivity contribution in [1.29, 1.82) is 0 Å². The van der Waals surface area contributed by atoms with Crippen molar-refractivity contribution in [1.82, 2.24) is 12.9 Å². The smallest absolute Gasteiger partial charge is 0.255 e. The molecule has 3 aliphatic heterocycles. The van der Waals surface area contributed by atoms with E-state index in [9.17, 15) is 117 Å². The van der Waals surface area contributed by atoms with Gasteiger partial charge in [-0.05, 0) is 98.9 Å². The van der Waals surface area contributed by atoms with Gasteiger partial charge in [0.1, 0.15) is 34.3 Å². The van der Waals surface area contributed by atoms with Crippen molar-refractivity contribution in [2.75, 3.05) is 55.2 Å². The molecule has 1 saturated carbocycles. The molecule has 4 fully saturated rings. The molecule has 5 unspecified atom stereocenters. The number of rotatable bonds is 13. The lowest BCUT2D eigenvalue weighted by Crippen LogP contribution is -2.39. The molecular formula is C59H55F13N6O13S3. The average Bonchev–Trinajstić information content (AvgIpc) is 1.42. The van der Waals surface area contributed by atoms with Gasteiger partial charge < -0.3 is 36.4 Å². The van der Waals surface area contributed by atoms with Crippen LogP contribution in [0.4, 0.5) is 74.1 Å². The molecule has 94 heavy (non-hydrogen) atoms. The Morgan fingerprint density at radius 1 is 0.394 bits per heavy atom. The molecule has 10 rings (SSSR count). The number of carbonyl (C=O) groups excluding carboxylic acids is 3. The van der Waals surface area contributed by atoms with Crippen LogP contribution < -0.4 is 16.0 Å². The van der Waals surface area contributed by atoms with Crippen LogP contribution in [-0.4, -0.2) is 146 Å². The standard InChI is InChI=1S/C21H20F4N2O4S.C19H17F5N2O4S.C19H18F4N2O5S/c22-8-12-2-1-11(21(29)26-15-6-17(23)20(25)18(24)7-15)5-19(12)32(30,31)27-9-14-3-13(14)4-16(28)10-27;20-11-2-3-13(27)9-26(8-11)31(29,30)17-5-10(1-4-14(17)21)19(28)25-12-6-15(22)18(24)16(23)7-12;20-14-4-1-10(19(28)24-11-6-15(21)18(23)16(22)7-11)5-17(14)31(29,30)25-8-12(26)2-3-13(27)9-25/h1-2,5-7,13-14,16,28H,3-4,8-10H2,(H,26,29);1,4-7,11,13,27H,2-3,8-9H2,(H,25,28);1,4-7,12-13,26-27H,2-3,8-9H2,(H,24,28)/t;;12-,13+. The molecule has 0 spiro atoms. The minimum absolute atomic E-state index is 0.0307. The zero-order valence-corrected chi connectivity index (χ0v) is 50.8. The first-order valence-corrected chi connectivity index (χ1v) is 32.4. The predicted octanol–water partition coefficient (Wildman–Crippen LogP) is 8.20. The SMILES string of the molecule is O=C(Nc1cc(F)c(F)c(F)c1)c1ccc(CF)c(S(=O)(=O)N2CC(O)CC3CC3C2)c1.O=C(Nc1cc(F)c(F)c(F)c1)c1ccc(F)c(S(=O)(=O)N2CC(O)CCC(F)C2)c1.O=C(Nc1cc(F)c(F)c(F)c1)c1ccc(F)c(S(=O)(=O)N2C[C@H](O)CC[C@H](O)C2)c1. The Morgan fingerprint density at radius 2 is 0.713 bits per heavy atom. The highest BCUT2D eigenvalue weighted by atomic mass is 32.2. The van der Waals surface area contributed by atoms with E-state index in [2.05, 4.69) is 16.0 Å². The fraction of sp³-hybridized carbons (Fsp3) is 0.339. The molecule has 7 N–H and O–H groups in total. The second-order valence-corrected chi connectivity index (χ2v) is 27.9. The minimum Gasteiger partial charge on any atom is -0.392 e. The van der Waals surface area contributed by atoms with Gasteiger partial charge in [-0.15, -0.1) is 0 Å². The summed E-state index contributed by atoms with van der Waals surface area (Å²) in [4.78, 5) is 35.1. The maximum absolute atomic E-state index is 14.4. The largest absolute Gasteiger partial charge is 0.392 e. The van der Waals surface area contributed by atoms with Crippen molar-refractivity contribution in [2.45, 2.75) is 90.5 Å². The van der Waals surface area contributed by atoms with Gasteiger partial charge in [0.05, 0.1) is 29.3 Å². The summed E-state index contributed by atoms with van der Waals surface area (Å²) in [6.07, 6.45) is -4.09. The second-order valence-electron chi connectivity index (χ2n) is 22.2.